The first-order valence-corrected chi connectivity index (χ1v) is 7.62. The molecule has 2 amide bonds. The normalized spacial score (nSPS) is 19.8. The molecule has 0 bridgehead atoms. The molecule has 1 aromatic rings. The van der Waals surface area contributed by atoms with Crippen LogP contribution in [0.25, 0.3) is 0 Å². The quantitative estimate of drug-likeness (QED) is 0.902. The first kappa shape index (κ1) is 14.9. The van der Waals surface area contributed by atoms with Gasteiger partial charge >= 0.3 is 0 Å². The van der Waals surface area contributed by atoms with Crippen molar-refractivity contribution >= 4 is 28.3 Å². The third-order valence-electron chi connectivity index (χ3n) is 3.31. The van der Waals surface area contributed by atoms with Crippen molar-refractivity contribution in [3.05, 3.63) is 5.51 Å². The molecule has 0 spiro atoms. The largest absolute Gasteiger partial charge is 0.341 e. The van der Waals surface area contributed by atoms with Crippen LogP contribution in [0.5, 0.6) is 0 Å². The predicted octanol–water partition coefficient (Wildman–Crippen LogP) is 1.76. The number of likely N-dealkylation sites (tertiary alicyclic amines) is 1. The minimum absolute atomic E-state index is 0.0758. The molecule has 1 saturated heterocycles. The second kappa shape index (κ2) is 5.87. The number of aromatic nitrogens is 2. The van der Waals surface area contributed by atoms with Crippen molar-refractivity contribution in [2.45, 2.75) is 33.6 Å². The van der Waals surface area contributed by atoms with Crippen LogP contribution in [-0.4, -0.2) is 40.0 Å². The maximum absolute atomic E-state index is 12.3. The first-order valence-electron chi connectivity index (χ1n) is 6.74. The average Bonchev–Trinajstić information content (AvgIpc) is 2.89. The molecule has 1 atom stereocenters. The minimum Gasteiger partial charge on any atom is -0.341 e. The third-order valence-corrected chi connectivity index (χ3v) is 3.92. The van der Waals surface area contributed by atoms with E-state index < -0.39 is 5.41 Å². The van der Waals surface area contributed by atoms with Crippen LogP contribution in [0, 0.1) is 11.3 Å². The van der Waals surface area contributed by atoms with Crippen molar-refractivity contribution in [2.24, 2.45) is 11.3 Å². The highest BCUT2D eigenvalue weighted by atomic mass is 32.1. The molecule has 1 aliphatic heterocycles. The zero-order valence-electron chi connectivity index (χ0n) is 12.0. The summed E-state index contributed by atoms with van der Waals surface area (Å²) in [6, 6.07) is 0. The van der Waals surface area contributed by atoms with Gasteiger partial charge in [-0.05, 0) is 12.8 Å². The molecule has 7 heteroatoms. The summed E-state index contributed by atoms with van der Waals surface area (Å²) in [5.41, 5.74) is 1.17. The van der Waals surface area contributed by atoms with Gasteiger partial charge in [0.05, 0.1) is 5.92 Å². The summed E-state index contributed by atoms with van der Waals surface area (Å²) >= 11 is 1.29. The molecule has 0 radical (unpaired) electrons. The van der Waals surface area contributed by atoms with Gasteiger partial charge in [-0.2, -0.15) is 0 Å². The van der Waals surface area contributed by atoms with Crippen LogP contribution in [0.15, 0.2) is 5.51 Å². The molecule has 0 unspecified atom stereocenters. The first-order chi connectivity index (χ1) is 9.38. The van der Waals surface area contributed by atoms with Gasteiger partial charge in [-0.25, -0.2) is 0 Å². The average molecular weight is 296 g/mol. The van der Waals surface area contributed by atoms with Crippen molar-refractivity contribution in [1.29, 1.82) is 0 Å². The van der Waals surface area contributed by atoms with Gasteiger partial charge in [0.1, 0.15) is 5.51 Å². The molecular weight excluding hydrogens is 276 g/mol. The molecule has 6 nitrogen and oxygen atoms in total. The summed E-state index contributed by atoms with van der Waals surface area (Å²) in [5, 5.41) is 10.8. The molecular formula is C13H20N4O2S. The molecule has 1 fully saturated rings. The minimum atomic E-state index is -0.405. The van der Waals surface area contributed by atoms with Crippen molar-refractivity contribution < 1.29 is 9.59 Å². The molecule has 1 N–H and O–H groups in total. The zero-order chi connectivity index (χ0) is 14.8. The van der Waals surface area contributed by atoms with Crippen LogP contribution in [0.4, 0.5) is 5.13 Å². The topological polar surface area (TPSA) is 75.2 Å². The van der Waals surface area contributed by atoms with Crippen molar-refractivity contribution in [3.63, 3.8) is 0 Å². The third kappa shape index (κ3) is 3.53. The summed E-state index contributed by atoms with van der Waals surface area (Å²) in [6.07, 6.45) is 1.66. The van der Waals surface area contributed by atoms with E-state index >= 15 is 0 Å². The van der Waals surface area contributed by atoms with E-state index in [2.05, 4.69) is 15.5 Å². The zero-order valence-corrected chi connectivity index (χ0v) is 12.9. The van der Waals surface area contributed by atoms with Crippen molar-refractivity contribution in [3.8, 4) is 0 Å². The number of carbonyl (C=O) groups excluding carboxylic acids is 2. The van der Waals surface area contributed by atoms with E-state index in [1.807, 2.05) is 20.8 Å². The molecule has 1 aliphatic rings. The fourth-order valence-corrected chi connectivity index (χ4v) is 2.73. The summed E-state index contributed by atoms with van der Waals surface area (Å²) < 4.78 is 0. The molecule has 2 rings (SSSR count). The number of rotatable bonds is 2. The van der Waals surface area contributed by atoms with Crippen LogP contribution in [0.2, 0.25) is 0 Å². The van der Waals surface area contributed by atoms with E-state index in [4.69, 9.17) is 0 Å². The lowest BCUT2D eigenvalue weighted by Crippen LogP contribution is -2.47. The van der Waals surface area contributed by atoms with E-state index in [1.165, 1.54) is 11.3 Å². The second-order valence-corrected chi connectivity index (χ2v) is 6.91. The number of nitrogens with zero attached hydrogens (tertiary/aromatic N) is 3. The summed E-state index contributed by atoms with van der Waals surface area (Å²) in [5.74, 6) is -0.141. The number of hydrogen-bond acceptors (Lipinski definition) is 5. The molecule has 20 heavy (non-hydrogen) atoms. The fraction of sp³-hybridized carbons (Fsp3) is 0.692. The number of carbonyl (C=O) groups is 2. The lowest BCUT2D eigenvalue weighted by atomic mass is 9.91. The number of piperidine rings is 1. The van der Waals surface area contributed by atoms with Gasteiger partial charge < -0.3 is 10.2 Å². The Morgan fingerprint density at radius 3 is 2.80 bits per heavy atom. The second-order valence-electron chi connectivity index (χ2n) is 6.07. The highest BCUT2D eigenvalue weighted by Crippen LogP contribution is 2.24. The van der Waals surface area contributed by atoms with Crippen LogP contribution in [-0.2, 0) is 9.59 Å². The fourth-order valence-electron chi connectivity index (χ4n) is 2.28. The maximum atomic E-state index is 12.3. The number of amides is 2. The monoisotopic (exact) mass is 296 g/mol. The Morgan fingerprint density at radius 1 is 1.45 bits per heavy atom. The van der Waals surface area contributed by atoms with E-state index in [0.29, 0.717) is 11.7 Å². The van der Waals surface area contributed by atoms with Crippen LogP contribution >= 0.6 is 11.3 Å². The Morgan fingerprint density at radius 2 is 2.20 bits per heavy atom. The van der Waals surface area contributed by atoms with E-state index in [-0.39, 0.29) is 17.7 Å². The summed E-state index contributed by atoms with van der Waals surface area (Å²) in [7, 11) is 0. The summed E-state index contributed by atoms with van der Waals surface area (Å²) in [6.45, 7) is 6.93. The Hall–Kier alpha value is -1.50. The van der Waals surface area contributed by atoms with Crippen molar-refractivity contribution in [2.75, 3.05) is 18.4 Å². The lowest BCUT2D eigenvalue weighted by Gasteiger charge is -2.35. The van der Waals surface area contributed by atoms with E-state index in [0.717, 1.165) is 19.4 Å². The van der Waals surface area contributed by atoms with Gasteiger partial charge in [0.15, 0.2) is 0 Å². The van der Waals surface area contributed by atoms with Gasteiger partial charge in [-0.1, -0.05) is 32.1 Å². The molecule has 0 aromatic carbocycles. The van der Waals surface area contributed by atoms with E-state index in [9.17, 15) is 9.59 Å². The summed E-state index contributed by atoms with van der Waals surface area (Å²) in [4.78, 5) is 26.3. The number of nitrogens with one attached hydrogen (secondary N) is 1. The lowest BCUT2D eigenvalue weighted by molar-refractivity contribution is -0.142. The van der Waals surface area contributed by atoms with Crippen molar-refractivity contribution in [1.82, 2.24) is 15.1 Å². The standard InChI is InChI=1S/C13H20N4O2S/c1-13(2,3)11(19)17-6-4-5-9(7-17)10(18)15-12-16-14-8-20-12/h8-9H,4-7H2,1-3H3,(H,15,16,18)/t9-/m0/s1. The van der Waals surface area contributed by atoms with Gasteiger partial charge in [0.25, 0.3) is 0 Å². The molecule has 1 aromatic heterocycles. The SMILES string of the molecule is CC(C)(C)C(=O)N1CCC[C@H](C(=O)Nc2nncs2)C1. The number of hydrogen-bond donors (Lipinski definition) is 1. The Labute approximate surface area is 122 Å². The van der Waals surface area contributed by atoms with Gasteiger partial charge in [0.2, 0.25) is 16.9 Å². The van der Waals surface area contributed by atoms with E-state index in [1.54, 1.807) is 10.4 Å². The number of anilines is 1. The Bertz CT molecular complexity index is 481. The van der Waals surface area contributed by atoms with Gasteiger partial charge in [-0.3, -0.25) is 9.59 Å². The highest BCUT2D eigenvalue weighted by Gasteiger charge is 2.33. The van der Waals surface area contributed by atoms with Crippen LogP contribution in [0.3, 0.4) is 0 Å². The van der Waals surface area contributed by atoms with Crippen LogP contribution in [0.1, 0.15) is 33.6 Å². The molecule has 2 heterocycles. The smallest absolute Gasteiger partial charge is 0.231 e. The molecule has 0 aliphatic carbocycles. The highest BCUT2D eigenvalue weighted by molar-refractivity contribution is 7.13. The van der Waals surface area contributed by atoms with Crippen LogP contribution < -0.4 is 5.32 Å². The Kier molecular flexibility index (Phi) is 4.37. The molecule has 0 saturated carbocycles. The van der Waals surface area contributed by atoms with Gasteiger partial charge in [-0.15, -0.1) is 10.2 Å². The maximum Gasteiger partial charge on any atom is 0.231 e. The predicted molar refractivity (Wildman–Crippen MR) is 77.3 cm³/mol. The van der Waals surface area contributed by atoms with Gasteiger partial charge in [0, 0.05) is 18.5 Å². The molecule has 110 valence electrons. The Balaban J connectivity index is 1.96.